The van der Waals surface area contributed by atoms with Crippen LogP contribution in [0.25, 0.3) is 0 Å². The largest absolute Gasteiger partial charge is 0.395 e. The molecular formula is C13H22F2N4O. The van der Waals surface area contributed by atoms with Crippen LogP contribution in [0.15, 0.2) is 12.4 Å². The normalized spacial score (nSPS) is 11.9. The summed E-state index contributed by atoms with van der Waals surface area (Å²) < 4.78 is 24.9. The number of rotatable bonds is 7. The van der Waals surface area contributed by atoms with Crippen molar-refractivity contribution in [2.75, 3.05) is 24.6 Å². The minimum atomic E-state index is -2.49. The fraction of sp³-hybridized carbons (Fsp3) is 0.692. The van der Waals surface area contributed by atoms with E-state index in [0.29, 0.717) is 6.54 Å². The van der Waals surface area contributed by atoms with E-state index in [1.54, 1.807) is 12.4 Å². The smallest absolute Gasteiger partial charge is 0.255 e. The lowest BCUT2D eigenvalue weighted by Crippen LogP contribution is -2.35. The van der Waals surface area contributed by atoms with Gasteiger partial charge in [0.05, 0.1) is 13.2 Å². The molecule has 0 unspecified atom stereocenters. The van der Waals surface area contributed by atoms with Crippen molar-refractivity contribution in [3.05, 3.63) is 18.0 Å². The first-order valence-corrected chi connectivity index (χ1v) is 6.52. The molecule has 1 aromatic rings. The maximum atomic E-state index is 12.4. The van der Waals surface area contributed by atoms with Crippen LogP contribution in [-0.2, 0) is 6.54 Å². The molecule has 0 amide bonds. The Morgan fingerprint density at radius 1 is 1.30 bits per heavy atom. The number of aliphatic hydroxyl groups excluding tert-OH is 1. The molecule has 0 aliphatic carbocycles. The minimum absolute atomic E-state index is 0.0166. The standard InChI is InChI=1S/C13H22F2N4O/c1-13(2,3)18-8-10-6-16-12(17-7-10)19(4-5-20)9-11(14)15/h6-7,11,18,20H,4-5,8-9H2,1-3H3. The SMILES string of the molecule is CC(C)(C)NCc1cnc(N(CCO)CC(F)F)nc1. The highest BCUT2D eigenvalue weighted by Gasteiger charge is 2.15. The molecule has 0 radical (unpaired) electrons. The summed E-state index contributed by atoms with van der Waals surface area (Å²) in [5.74, 6) is 0.207. The first kappa shape index (κ1) is 16.7. The number of nitrogens with zero attached hydrogens (tertiary/aromatic N) is 3. The molecule has 5 nitrogen and oxygen atoms in total. The summed E-state index contributed by atoms with van der Waals surface area (Å²) in [4.78, 5) is 9.43. The monoisotopic (exact) mass is 288 g/mol. The van der Waals surface area contributed by atoms with E-state index in [0.717, 1.165) is 5.56 Å². The van der Waals surface area contributed by atoms with E-state index in [4.69, 9.17) is 5.11 Å². The summed E-state index contributed by atoms with van der Waals surface area (Å²) in [5, 5.41) is 12.2. The minimum Gasteiger partial charge on any atom is -0.395 e. The molecule has 0 saturated heterocycles. The summed E-state index contributed by atoms with van der Waals surface area (Å²) in [6.45, 7) is 6.14. The Hall–Kier alpha value is -1.34. The number of hydrogen-bond donors (Lipinski definition) is 2. The Kier molecular flexibility index (Phi) is 6.22. The van der Waals surface area contributed by atoms with Gasteiger partial charge in [0, 0.05) is 36.6 Å². The van der Waals surface area contributed by atoms with Crippen molar-refractivity contribution >= 4 is 5.95 Å². The molecule has 0 aromatic carbocycles. The zero-order valence-electron chi connectivity index (χ0n) is 12.1. The highest BCUT2D eigenvalue weighted by atomic mass is 19.3. The highest BCUT2D eigenvalue weighted by molar-refractivity contribution is 5.29. The zero-order chi connectivity index (χ0) is 15.2. The summed E-state index contributed by atoms with van der Waals surface area (Å²) in [5.41, 5.74) is 0.863. The molecule has 0 saturated carbocycles. The molecule has 1 rings (SSSR count). The number of alkyl halides is 2. The van der Waals surface area contributed by atoms with Crippen LogP contribution in [0.1, 0.15) is 26.3 Å². The molecular weight excluding hydrogens is 266 g/mol. The number of anilines is 1. The Morgan fingerprint density at radius 2 is 1.90 bits per heavy atom. The van der Waals surface area contributed by atoms with Crippen molar-refractivity contribution in [2.24, 2.45) is 0 Å². The summed E-state index contributed by atoms with van der Waals surface area (Å²) in [6, 6.07) is 0. The molecule has 20 heavy (non-hydrogen) atoms. The van der Waals surface area contributed by atoms with Crippen LogP contribution in [0, 0.1) is 0 Å². The second kappa shape index (κ2) is 7.44. The maximum absolute atomic E-state index is 12.4. The van der Waals surface area contributed by atoms with E-state index in [1.807, 2.05) is 20.8 Å². The average Bonchev–Trinajstić information content (AvgIpc) is 2.35. The van der Waals surface area contributed by atoms with Gasteiger partial charge in [-0.1, -0.05) is 0 Å². The Labute approximate surface area is 118 Å². The Balaban J connectivity index is 2.67. The van der Waals surface area contributed by atoms with Gasteiger partial charge >= 0.3 is 0 Å². The Morgan fingerprint density at radius 3 is 2.35 bits per heavy atom. The molecule has 0 atom stereocenters. The van der Waals surface area contributed by atoms with E-state index in [1.165, 1.54) is 4.90 Å². The van der Waals surface area contributed by atoms with Gasteiger partial charge in [0.1, 0.15) is 0 Å². The third-order valence-electron chi connectivity index (χ3n) is 2.53. The van der Waals surface area contributed by atoms with Gasteiger partial charge in [0.15, 0.2) is 0 Å². The lowest BCUT2D eigenvalue weighted by molar-refractivity contribution is 0.152. The van der Waals surface area contributed by atoms with Crippen LogP contribution in [0.3, 0.4) is 0 Å². The van der Waals surface area contributed by atoms with E-state index in [2.05, 4.69) is 15.3 Å². The van der Waals surface area contributed by atoms with E-state index in [9.17, 15) is 8.78 Å². The lowest BCUT2D eigenvalue weighted by Gasteiger charge is -2.22. The Bertz CT molecular complexity index is 392. The number of halogens is 2. The van der Waals surface area contributed by atoms with Gasteiger partial charge in [-0.2, -0.15) is 0 Å². The highest BCUT2D eigenvalue weighted by Crippen LogP contribution is 2.10. The number of aromatic nitrogens is 2. The van der Waals surface area contributed by atoms with Gasteiger partial charge in [-0.3, -0.25) is 0 Å². The summed E-state index contributed by atoms with van der Waals surface area (Å²) in [6.07, 6.45) is 0.723. The molecule has 1 heterocycles. The molecule has 7 heteroatoms. The molecule has 1 aromatic heterocycles. The number of aliphatic hydroxyl groups is 1. The van der Waals surface area contributed by atoms with E-state index < -0.39 is 13.0 Å². The van der Waals surface area contributed by atoms with E-state index in [-0.39, 0.29) is 24.6 Å². The second-order valence-corrected chi connectivity index (χ2v) is 5.56. The second-order valence-electron chi connectivity index (χ2n) is 5.56. The fourth-order valence-corrected chi connectivity index (χ4v) is 1.53. The summed E-state index contributed by atoms with van der Waals surface area (Å²) in [7, 11) is 0. The van der Waals surface area contributed by atoms with Gasteiger partial charge in [-0.15, -0.1) is 0 Å². The number of nitrogens with one attached hydrogen (secondary N) is 1. The average molecular weight is 288 g/mol. The molecule has 114 valence electrons. The van der Waals surface area contributed by atoms with Gasteiger partial charge in [0.2, 0.25) is 5.95 Å². The third kappa shape index (κ3) is 6.21. The zero-order valence-corrected chi connectivity index (χ0v) is 12.1. The predicted molar refractivity (Wildman–Crippen MR) is 73.9 cm³/mol. The van der Waals surface area contributed by atoms with Crippen LogP contribution in [-0.4, -0.2) is 46.7 Å². The van der Waals surface area contributed by atoms with Crippen molar-refractivity contribution in [3.63, 3.8) is 0 Å². The van der Waals surface area contributed by atoms with Crippen molar-refractivity contribution in [1.29, 1.82) is 0 Å². The molecule has 0 spiro atoms. The molecule has 0 fully saturated rings. The maximum Gasteiger partial charge on any atom is 0.255 e. The van der Waals surface area contributed by atoms with E-state index >= 15 is 0 Å². The van der Waals surface area contributed by atoms with Crippen LogP contribution in [0.2, 0.25) is 0 Å². The lowest BCUT2D eigenvalue weighted by atomic mass is 10.1. The van der Waals surface area contributed by atoms with Gasteiger partial charge in [0.25, 0.3) is 6.43 Å². The van der Waals surface area contributed by atoms with Gasteiger partial charge < -0.3 is 15.3 Å². The fourth-order valence-electron chi connectivity index (χ4n) is 1.53. The van der Waals surface area contributed by atoms with Crippen LogP contribution < -0.4 is 10.2 Å². The van der Waals surface area contributed by atoms with Crippen molar-refractivity contribution in [2.45, 2.75) is 39.3 Å². The van der Waals surface area contributed by atoms with Crippen LogP contribution >= 0.6 is 0 Å². The first-order chi connectivity index (χ1) is 9.31. The molecule has 0 aliphatic heterocycles. The molecule has 0 bridgehead atoms. The van der Waals surface area contributed by atoms with Crippen LogP contribution in [0.5, 0.6) is 0 Å². The van der Waals surface area contributed by atoms with Crippen LogP contribution in [0.4, 0.5) is 14.7 Å². The molecule has 0 aliphatic rings. The van der Waals surface area contributed by atoms with Crippen molar-refractivity contribution in [1.82, 2.24) is 15.3 Å². The van der Waals surface area contributed by atoms with Gasteiger partial charge in [-0.05, 0) is 20.8 Å². The van der Waals surface area contributed by atoms with Crippen molar-refractivity contribution in [3.8, 4) is 0 Å². The summed E-state index contributed by atoms with van der Waals surface area (Å²) >= 11 is 0. The topological polar surface area (TPSA) is 61.3 Å². The first-order valence-electron chi connectivity index (χ1n) is 6.52. The third-order valence-corrected chi connectivity index (χ3v) is 2.53. The predicted octanol–water partition coefficient (Wildman–Crippen LogP) is 1.43. The quantitative estimate of drug-likeness (QED) is 0.795. The van der Waals surface area contributed by atoms with Gasteiger partial charge in [-0.25, -0.2) is 18.7 Å². The van der Waals surface area contributed by atoms with Crippen molar-refractivity contribution < 1.29 is 13.9 Å². The molecule has 2 N–H and O–H groups in total. The number of hydrogen-bond acceptors (Lipinski definition) is 5.